The first-order valence-corrected chi connectivity index (χ1v) is 8.32. The molecule has 0 radical (unpaired) electrons. The number of nitrogens with zero attached hydrogens (tertiary/aromatic N) is 4. The van der Waals surface area contributed by atoms with Crippen LogP contribution in [-0.2, 0) is 0 Å². The van der Waals surface area contributed by atoms with Gasteiger partial charge in [-0.1, -0.05) is 0 Å². The van der Waals surface area contributed by atoms with E-state index in [-0.39, 0.29) is 11.2 Å². The van der Waals surface area contributed by atoms with Crippen molar-refractivity contribution in [2.24, 2.45) is 17.8 Å². The van der Waals surface area contributed by atoms with E-state index in [1.165, 1.54) is 31.8 Å². The summed E-state index contributed by atoms with van der Waals surface area (Å²) in [5.41, 5.74) is 4.17. The third kappa shape index (κ3) is 1.95. The van der Waals surface area contributed by atoms with Gasteiger partial charge in [0, 0.05) is 6.20 Å². The number of carboxylic acids is 1. The van der Waals surface area contributed by atoms with Gasteiger partial charge in [0.25, 0.3) is 0 Å². The molecular weight excluding hydrogens is 294 g/mol. The zero-order valence-corrected chi connectivity index (χ0v) is 12.8. The predicted molar refractivity (Wildman–Crippen MR) is 82.5 cm³/mol. The number of fused-ring (bicyclic) bond motifs is 1. The van der Waals surface area contributed by atoms with Crippen LogP contribution < -0.4 is 5.43 Å². The van der Waals surface area contributed by atoms with Crippen molar-refractivity contribution >= 4 is 17.0 Å². The number of aromatic nitrogens is 4. The molecule has 0 amide bonds. The van der Waals surface area contributed by atoms with Crippen molar-refractivity contribution in [1.29, 1.82) is 0 Å². The fourth-order valence-electron chi connectivity index (χ4n) is 5.57. The highest BCUT2D eigenvalue weighted by Gasteiger charge is 2.51. The smallest absolute Gasteiger partial charge is 0.357 e. The van der Waals surface area contributed by atoms with E-state index < -0.39 is 5.97 Å². The molecule has 4 aliphatic carbocycles. The molecule has 7 heteroatoms. The van der Waals surface area contributed by atoms with Crippen LogP contribution >= 0.6 is 0 Å². The Hall–Kier alpha value is -2.18. The van der Waals surface area contributed by atoms with E-state index in [0.29, 0.717) is 11.0 Å². The van der Waals surface area contributed by atoms with Crippen molar-refractivity contribution < 1.29 is 9.90 Å². The Labute approximate surface area is 133 Å². The van der Waals surface area contributed by atoms with E-state index in [4.69, 9.17) is 0 Å². The normalized spacial score (nSPS) is 34.9. The number of hydrogen-bond acceptors (Lipinski definition) is 5. The van der Waals surface area contributed by atoms with Crippen LogP contribution in [0.5, 0.6) is 0 Å². The van der Waals surface area contributed by atoms with Gasteiger partial charge < -0.3 is 10.5 Å². The third-order valence-corrected chi connectivity index (χ3v) is 5.93. The highest BCUT2D eigenvalue weighted by Crippen LogP contribution is 2.56. The Morgan fingerprint density at radius 2 is 1.87 bits per heavy atom. The Morgan fingerprint density at radius 3 is 2.48 bits per heavy atom. The van der Waals surface area contributed by atoms with E-state index in [1.54, 1.807) is 4.79 Å². The van der Waals surface area contributed by atoms with Crippen molar-refractivity contribution in [2.75, 3.05) is 5.43 Å². The van der Waals surface area contributed by atoms with Gasteiger partial charge in [-0.05, 0) is 56.3 Å². The standard InChI is InChI=1S/C16H19N5O2/c22-15(23)13-12-7-17-8-18-14(12)21(19-13)20-16-4-9-1-10(5-16)3-11(2-9)6-16/h7-11,20H,1-6H2,(H,22,23). The first-order chi connectivity index (χ1) is 11.1. The van der Waals surface area contributed by atoms with Gasteiger partial charge in [-0.15, -0.1) is 5.10 Å². The minimum absolute atomic E-state index is 0.0119. The predicted octanol–water partition coefficient (Wildman–Crippen LogP) is 2.04. The Bertz CT molecular complexity index is 764. The topological polar surface area (TPSA) is 92.9 Å². The SMILES string of the molecule is O=C(O)c1nn(NC23CC4CC(CC(C4)C2)C3)c2ncncc12. The summed E-state index contributed by atoms with van der Waals surface area (Å²) in [6, 6.07) is 0. The Balaban J connectivity index is 1.56. The van der Waals surface area contributed by atoms with Crippen LogP contribution in [0.1, 0.15) is 49.0 Å². The van der Waals surface area contributed by atoms with Crippen LogP contribution in [0.2, 0.25) is 0 Å². The second-order valence-electron chi connectivity index (χ2n) is 7.64. The maximum absolute atomic E-state index is 11.4. The fourth-order valence-corrected chi connectivity index (χ4v) is 5.57. The van der Waals surface area contributed by atoms with E-state index >= 15 is 0 Å². The summed E-state index contributed by atoms with van der Waals surface area (Å²) in [5, 5.41) is 14.1. The van der Waals surface area contributed by atoms with Gasteiger partial charge in [0.1, 0.15) is 6.33 Å². The van der Waals surface area contributed by atoms with Crippen LogP contribution in [0.15, 0.2) is 12.5 Å². The Kier molecular flexibility index (Phi) is 2.56. The van der Waals surface area contributed by atoms with Crippen molar-refractivity contribution in [3.05, 3.63) is 18.2 Å². The lowest BCUT2D eigenvalue weighted by atomic mass is 9.53. The number of nitrogens with one attached hydrogen (secondary N) is 1. The molecule has 0 spiro atoms. The van der Waals surface area contributed by atoms with Gasteiger partial charge in [-0.2, -0.15) is 4.79 Å². The number of aromatic carboxylic acids is 1. The molecule has 0 unspecified atom stereocenters. The minimum Gasteiger partial charge on any atom is -0.476 e. The molecule has 0 aliphatic heterocycles. The van der Waals surface area contributed by atoms with E-state index in [2.05, 4.69) is 20.5 Å². The summed E-state index contributed by atoms with van der Waals surface area (Å²) in [5.74, 6) is 1.38. The van der Waals surface area contributed by atoms with E-state index in [9.17, 15) is 9.90 Å². The van der Waals surface area contributed by atoms with Crippen LogP contribution in [0.25, 0.3) is 11.0 Å². The summed E-state index contributed by atoms with van der Waals surface area (Å²) in [6.45, 7) is 0. The van der Waals surface area contributed by atoms with Gasteiger partial charge in [0.2, 0.25) is 0 Å². The fraction of sp³-hybridized carbons (Fsp3) is 0.625. The maximum Gasteiger partial charge on any atom is 0.357 e. The third-order valence-electron chi connectivity index (χ3n) is 5.93. The molecule has 4 aliphatic rings. The zero-order chi connectivity index (χ0) is 15.6. The van der Waals surface area contributed by atoms with E-state index in [1.807, 2.05) is 0 Å². The molecule has 2 aromatic heterocycles. The van der Waals surface area contributed by atoms with Crippen molar-refractivity contribution in [1.82, 2.24) is 19.9 Å². The largest absolute Gasteiger partial charge is 0.476 e. The van der Waals surface area contributed by atoms with Gasteiger partial charge in [0.15, 0.2) is 11.3 Å². The van der Waals surface area contributed by atoms with Crippen LogP contribution in [0, 0.1) is 17.8 Å². The molecule has 0 saturated heterocycles. The molecule has 23 heavy (non-hydrogen) atoms. The first kappa shape index (κ1) is 13.3. The quantitative estimate of drug-likeness (QED) is 0.900. The molecule has 0 atom stereocenters. The molecule has 4 fully saturated rings. The molecule has 4 bridgehead atoms. The molecule has 120 valence electrons. The molecule has 7 nitrogen and oxygen atoms in total. The van der Waals surface area contributed by atoms with Gasteiger partial charge >= 0.3 is 5.97 Å². The lowest BCUT2D eigenvalue weighted by Gasteiger charge is -2.56. The van der Waals surface area contributed by atoms with Crippen LogP contribution in [0.4, 0.5) is 0 Å². The number of carbonyl (C=O) groups is 1. The number of hydrogen-bond donors (Lipinski definition) is 2. The van der Waals surface area contributed by atoms with Gasteiger partial charge in [-0.25, -0.2) is 14.8 Å². The first-order valence-electron chi connectivity index (χ1n) is 8.32. The highest BCUT2D eigenvalue weighted by atomic mass is 16.4. The van der Waals surface area contributed by atoms with E-state index in [0.717, 1.165) is 37.0 Å². The lowest BCUT2D eigenvalue weighted by Crippen LogP contribution is -2.57. The second kappa shape index (κ2) is 4.43. The molecular formula is C16H19N5O2. The summed E-state index contributed by atoms with van der Waals surface area (Å²) in [6.07, 6.45) is 10.5. The van der Waals surface area contributed by atoms with Crippen molar-refractivity contribution in [2.45, 2.75) is 44.1 Å². The average molecular weight is 313 g/mol. The highest BCUT2D eigenvalue weighted by molar-refractivity contribution is 5.99. The molecule has 2 N–H and O–H groups in total. The summed E-state index contributed by atoms with van der Waals surface area (Å²) >= 11 is 0. The second-order valence-corrected chi connectivity index (χ2v) is 7.64. The Morgan fingerprint density at radius 1 is 1.22 bits per heavy atom. The summed E-state index contributed by atoms with van der Waals surface area (Å²) < 4.78 is 0. The molecule has 6 rings (SSSR count). The van der Waals surface area contributed by atoms with Crippen molar-refractivity contribution in [3.8, 4) is 0 Å². The zero-order valence-electron chi connectivity index (χ0n) is 12.8. The number of rotatable bonds is 3. The summed E-state index contributed by atoms with van der Waals surface area (Å²) in [4.78, 5) is 21.2. The monoisotopic (exact) mass is 313 g/mol. The minimum atomic E-state index is -1.05. The molecule has 4 saturated carbocycles. The van der Waals surface area contributed by atoms with Gasteiger partial charge in [-0.3, -0.25) is 0 Å². The van der Waals surface area contributed by atoms with Crippen LogP contribution in [-0.4, -0.2) is 36.5 Å². The van der Waals surface area contributed by atoms with Crippen LogP contribution in [0.3, 0.4) is 0 Å². The average Bonchev–Trinajstić information content (AvgIpc) is 2.84. The van der Waals surface area contributed by atoms with Gasteiger partial charge in [0.05, 0.1) is 10.9 Å². The lowest BCUT2D eigenvalue weighted by molar-refractivity contribution is 0.00410. The molecule has 0 aromatic carbocycles. The number of carboxylic acid groups (broad SMARTS) is 1. The molecule has 2 heterocycles. The summed E-state index contributed by atoms with van der Waals surface area (Å²) in [7, 11) is 0. The van der Waals surface area contributed by atoms with Crippen molar-refractivity contribution in [3.63, 3.8) is 0 Å². The molecule has 2 aromatic rings. The maximum atomic E-state index is 11.4.